The van der Waals surface area contributed by atoms with Crippen LogP contribution in [0.4, 0.5) is 5.69 Å². The molecule has 18 heavy (non-hydrogen) atoms. The van der Waals surface area contributed by atoms with Crippen LogP contribution in [-0.2, 0) is 0 Å². The second kappa shape index (κ2) is 5.31. The molecular formula is C14H13BrN2O. The van der Waals surface area contributed by atoms with Crippen LogP contribution in [0.25, 0.3) is 0 Å². The van der Waals surface area contributed by atoms with Crippen LogP contribution in [0.5, 0.6) is 0 Å². The van der Waals surface area contributed by atoms with E-state index in [4.69, 9.17) is 0 Å². The Hall–Kier alpha value is -1.68. The normalized spacial score (nSPS) is 10.2. The fourth-order valence-electron chi connectivity index (χ4n) is 1.68. The summed E-state index contributed by atoms with van der Waals surface area (Å²) in [4.78, 5) is 18.0. The Balaban J connectivity index is 2.35. The predicted octanol–water partition coefficient (Wildman–Crippen LogP) is 3.43. The Bertz CT molecular complexity index is 569. The Labute approximate surface area is 115 Å². The van der Waals surface area contributed by atoms with Crippen LogP contribution in [0.15, 0.2) is 47.2 Å². The number of hydrogen-bond acceptors (Lipinski definition) is 2. The maximum atomic E-state index is 12.4. The third-order valence-electron chi connectivity index (χ3n) is 2.78. The molecule has 1 aromatic heterocycles. The van der Waals surface area contributed by atoms with Crippen LogP contribution in [0, 0.1) is 6.92 Å². The summed E-state index contributed by atoms with van der Waals surface area (Å²) in [5.74, 6) is -0.0447. The SMILES string of the molecule is Cc1cccc(C(=O)N(C)c2ccncc2)c1Br. The van der Waals surface area contributed by atoms with Crippen LogP contribution >= 0.6 is 15.9 Å². The topological polar surface area (TPSA) is 33.2 Å². The summed E-state index contributed by atoms with van der Waals surface area (Å²) in [6.45, 7) is 1.97. The van der Waals surface area contributed by atoms with Gasteiger partial charge in [-0.1, -0.05) is 12.1 Å². The minimum Gasteiger partial charge on any atom is -0.311 e. The number of hydrogen-bond donors (Lipinski definition) is 0. The smallest absolute Gasteiger partial charge is 0.259 e. The van der Waals surface area contributed by atoms with E-state index < -0.39 is 0 Å². The summed E-state index contributed by atoms with van der Waals surface area (Å²) in [6.07, 6.45) is 3.34. The van der Waals surface area contributed by atoms with Crippen molar-refractivity contribution in [1.29, 1.82) is 0 Å². The van der Waals surface area contributed by atoms with Gasteiger partial charge in [-0.2, -0.15) is 0 Å². The summed E-state index contributed by atoms with van der Waals surface area (Å²) in [5, 5.41) is 0. The Morgan fingerprint density at radius 2 is 1.89 bits per heavy atom. The fourth-order valence-corrected chi connectivity index (χ4v) is 2.11. The summed E-state index contributed by atoms with van der Waals surface area (Å²) in [5.41, 5.74) is 2.53. The molecule has 0 fully saturated rings. The molecule has 0 atom stereocenters. The van der Waals surface area contributed by atoms with E-state index in [0.717, 1.165) is 15.7 Å². The minimum atomic E-state index is -0.0447. The van der Waals surface area contributed by atoms with Gasteiger partial charge in [0.25, 0.3) is 5.91 Å². The second-order valence-electron chi connectivity index (χ2n) is 4.01. The molecule has 3 nitrogen and oxygen atoms in total. The molecule has 2 aromatic rings. The molecule has 1 amide bonds. The van der Waals surface area contributed by atoms with Crippen molar-refractivity contribution in [2.75, 3.05) is 11.9 Å². The first-order chi connectivity index (χ1) is 8.61. The van der Waals surface area contributed by atoms with Gasteiger partial charge in [-0.3, -0.25) is 9.78 Å². The lowest BCUT2D eigenvalue weighted by Gasteiger charge is -2.18. The van der Waals surface area contributed by atoms with Crippen LogP contribution in [0.3, 0.4) is 0 Å². The molecule has 2 rings (SSSR count). The number of rotatable bonds is 2. The zero-order chi connectivity index (χ0) is 13.1. The van der Waals surface area contributed by atoms with Gasteiger partial charge in [0.2, 0.25) is 0 Å². The van der Waals surface area contributed by atoms with Crippen molar-refractivity contribution in [3.8, 4) is 0 Å². The van der Waals surface area contributed by atoms with Crippen molar-refractivity contribution >= 4 is 27.5 Å². The molecule has 0 bridgehead atoms. The summed E-state index contributed by atoms with van der Waals surface area (Å²) < 4.78 is 0.843. The number of nitrogens with zero attached hydrogens (tertiary/aromatic N) is 2. The van der Waals surface area contributed by atoms with Gasteiger partial charge in [-0.15, -0.1) is 0 Å². The number of carbonyl (C=O) groups excluding carboxylic acids is 1. The van der Waals surface area contributed by atoms with Gasteiger partial charge in [-0.25, -0.2) is 0 Å². The van der Waals surface area contributed by atoms with Gasteiger partial charge in [0.1, 0.15) is 0 Å². The molecule has 0 aliphatic heterocycles. The van der Waals surface area contributed by atoms with Crippen molar-refractivity contribution in [3.63, 3.8) is 0 Å². The number of anilines is 1. The van der Waals surface area contributed by atoms with Crippen molar-refractivity contribution in [2.45, 2.75) is 6.92 Å². The molecule has 4 heteroatoms. The Morgan fingerprint density at radius 3 is 2.56 bits per heavy atom. The zero-order valence-corrected chi connectivity index (χ0v) is 11.8. The van der Waals surface area contributed by atoms with E-state index >= 15 is 0 Å². The summed E-state index contributed by atoms with van der Waals surface area (Å²) >= 11 is 3.46. The molecule has 1 aromatic carbocycles. The Kier molecular flexibility index (Phi) is 3.77. The lowest BCUT2D eigenvalue weighted by molar-refractivity contribution is 0.0992. The van der Waals surface area contributed by atoms with E-state index in [2.05, 4.69) is 20.9 Å². The van der Waals surface area contributed by atoms with Crippen molar-refractivity contribution in [3.05, 3.63) is 58.3 Å². The van der Waals surface area contributed by atoms with Crippen LogP contribution < -0.4 is 4.90 Å². The average Bonchev–Trinajstić information content (AvgIpc) is 2.41. The highest BCUT2D eigenvalue weighted by atomic mass is 79.9. The Morgan fingerprint density at radius 1 is 1.22 bits per heavy atom. The van der Waals surface area contributed by atoms with Crippen molar-refractivity contribution in [2.24, 2.45) is 0 Å². The van der Waals surface area contributed by atoms with Crippen LogP contribution in [0.1, 0.15) is 15.9 Å². The summed E-state index contributed by atoms with van der Waals surface area (Å²) in [6, 6.07) is 9.28. The van der Waals surface area contributed by atoms with E-state index in [9.17, 15) is 4.79 Å². The third kappa shape index (κ3) is 2.43. The lowest BCUT2D eigenvalue weighted by atomic mass is 10.1. The molecule has 0 unspecified atom stereocenters. The third-order valence-corrected chi connectivity index (χ3v) is 3.83. The van der Waals surface area contributed by atoms with E-state index in [1.807, 2.05) is 37.3 Å². The highest BCUT2D eigenvalue weighted by molar-refractivity contribution is 9.10. The van der Waals surface area contributed by atoms with E-state index in [1.54, 1.807) is 24.3 Å². The lowest BCUT2D eigenvalue weighted by Crippen LogP contribution is -2.26. The highest BCUT2D eigenvalue weighted by Crippen LogP contribution is 2.23. The van der Waals surface area contributed by atoms with Gasteiger partial charge in [-0.05, 0) is 46.6 Å². The molecule has 0 radical (unpaired) electrons. The number of carbonyl (C=O) groups is 1. The second-order valence-corrected chi connectivity index (χ2v) is 4.80. The van der Waals surface area contributed by atoms with Crippen LogP contribution in [0.2, 0.25) is 0 Å². The fraction of sp³-hybridized carbons (Fsp3) is 0.143. The molecule has 92 valence electrons. The predicted molar refractivity (Wildman–Crippen MR) is 75.8 cm³/mol. The number of benzene rings is 1. The van der Waals surface area contributed by atoms with E-state index in [-0.39, 0.29) is 5.91 Å². The monoisotopic (exact) mass is 304 g/mol. The average molecular weight is 305 g/mol. The molecule has 0 aliphatic rings. The minimum absolute atomic E-state index is 0.0447. The first-order valence-electron chi connectivity index (χ1n) is 5.54. The molecule has 0 saturated heterocycles. The molecular weight excluding hydrogens is 292 g/mol. The number of amides is 1. The molecule has 0 N–H and O–H groups in total. The highest BCUT2D eigenvalue weighted by Gasteiger charge is 2.16. The standard InChI is InChI=1S/C14H13BrN2O/c1-10-4-3-5-12(13(10)15)14(18)17(2)11-6-8-16-9-7-11/h3-9H,1-2H3. The van der Waals surface area contributed by atoms with Gasteiger partial charge >= 0.3 is 0 Å². The summed E-state index contributed by atoms with van der Waals surface area (Å²) in [7, 11) is 1.76. The van der Waals surface area contributed by atoms with Crippen molar-refractivity contribution < 1.29 is 4.79 Å². The van der Waals surface area contributed by atoms with E-state index in [1.165, 1.54) is 0 Å². The number of pyridine rings is 1. The van der Waals surface area contributed by atoms with Gasteiger partial charge in [0, 0.05) is 29.6 Å². The molecule has 0 aliphatic carbocycles. The van der Waals surface area contributed by atoms with E-state index in [0.29, 0.717) is 5.56 Å². The molecule has 1 heterocycles. The molecule has 0 spiro atoms. The van der Waals surface area contributed by atoms with Gasteiger partial charge in [0.05, 0.1) is 5.56 Å². The number of halogens is 1. The number of aryl methyl sites for hydroxylation is 1. The molecule has 0 saturated carbocycles. The zero-order valence-electron chi connectivity index (χ0n) is 10.2. The first kappa shape index (κ1) is 12.8. The maximum absolute atomic E-state index is 12.4. The quantitative estimate of drug-likeness (QED) is 0.851. The van der Waals surface area contributed by atoms with Crippen molar-refractivity contribution in [1.82, 2.24) is 4.98 Å². The number of aromatic nitrogens is 1. The first-order valence-corrected chi connectivity index (χ1v) is 6.33. The van der Waals surface area contributed by atoms with Crippen LogP contribution in [-0.4, -0.2) is 17.9 Å². The van der Waals surface area contributed by atoms with Gasteiger partial charge < -0.3 is 4.90 Å². The maximum Gasteiger partial charge on any atom is 0.259 e. The largest absolute Gasteiger partial charge is 0.311 e. The van der Waals surface area contributed by atoms with Gasteiger partial charge in [0.15, 0.2) is 0 Å².